The molecule has 2 rings (SSSR count). The highest BCUT2D eigenvalue weighted by Gasteiger charge is 2.25. The van der Waals surface area contributed by atoms with E-state index < -0.39 is 12.0 Å². The SMILES string of the molecule is COc1c(CC(N)C(=O)O)c2c(C(C)=O)cccc2n1O. The Bertz CT molecular complexity index is 720. The maximum Gasteiger partial charge on any atom is 0.320 e. The monoisotopic (exact) mass is 292 g/mol. The standard InChI is InChI=1S/C14H16N2O5/c1-7(17)8-4-3-5-11-12(8)9(6-10(15)14(18)19)13(21-2)16(11)20/h3-5,10,20H,6,15H2,1-2H3,(H,18,19). The number of carboxylic acids is 1. The van der Waals surface area contributed by atoms with E-state index in [-0.39, 0.29) is 18.1 Å². The van der Waals surface area contributed by atoms with Crippen LogP contribution in [0.2, 0.25) is 0 Å². The van der Waals surface area contributed by atoms with Crippen LogP contribution < -0.4 is 10.5 Å². The van der Waals surface area contributed by atoms with Crippen LogP contribution in [0.5, 0.6) is 5.88 Å². The molecule has 0 aliphatic rings. The lowest BCUT2D eigenvalue weighted by Crippen LogP contribution is -2.32. The van der Waals surface area contributed by atoms with E-state index in [4.69, 9.17) is 15.6 Å². The maximum absolute atomic E-state index is 11.8. The molecule has 0 radical (unpaired) electrons. The summed E-state index contributed by atoms with van der Waals surface area (Å²) in [6, 6.07) is 3.69. The number of fused-ring (bicyclic) bond motifs is 1. The van der Waals surface area contributed by atoms with Gasteiger partial charge in [0.2, 0.25) is 5.88 Å². The average Bonchev–Trinajstić information content (AvgIpc) is 2.71. The molecule has 21 heavy (non-hydrogen) atoms. The predicted octanol–water partition coefficient (Wildman–Crippen LogP) is 1.04. The Morgan fingerprint density at radius 2 is 2.10 bits per heavy atom. The molecule has 0 fully saturated rings. The molecule has 7 heteroatoms. The summed E-state index contributed by atoms with van der Waals surface area (Å²) < 4.78 is 5.93. The van der Waals surface area contributed by atoms with Gasteiger partial charge in [-0.05, 0) is 13.0 Å². The first-order valence-electron chi connectivity index (χ1n) is 6.27. The van der Waals surface area contributed by atoms with Crippen molar-refractivity contribution in [2.24, 2.45) is 5.73 Å². The maximum atomic E-state index is 11.8. The van der Waals surface area contributed by atoms with E-state index >= 15 is 0 Å². The van der Waals surface area contributed by atoms with E-state index in [2.05, 4.69) is 0 Å². The molecule has 1 aromatic heterocycles. The molecule has 1 unspecified atom stereocenters. The van der Waals surface area contributed by atoms with Gasteiger partial charge in [-0.15, -0.1) is 0 Å². The minimum Gasteiger partial charge on any atom is -0.480 e. The number of aliphatic carboxylic acids is 1. The second-order valence-electron chi connectivity index (χ2n) is 4.70. The first kappa shape index (κ1) is 14.9. The summed E-state index contributed by atoms with van der Waals surface area (Å²) in [5, 5.41) is 19.5. The fourth-order valence-electron chi connectivity index (χ4n) is 2.38. The van der Waals surface area contributed by atoms with Crippen LogP contribution in [0.3, 0.4) is 0 Å². The van der Waals surface area contributed by atoms with Crippen LogP contribution in [0.4, 0.5) is 0 Å². The number of aromatic nitrogens is 1. The third-order valence-electron chi connectivity index (χ3n) is 3.34. The Balaban J connectivity index is 2.76. The van der Waals surface area contributed by atoms with E-state index in [0.717, 1.165) is 4.73 Å². The molecule has 2 aromatic rings. The van der Waals surface area contributed by atoms with Crippen molar-refractivity contribution >= 4 is 22.7 Å². The molecule has 7 nitrogen and oxygen atoms in total. The Morgan fingerprint density at radius 3 is 2.62 bits per heavy atom. The second kappa shape index (κ2) is 5.45. The smallest absolute Gasteiger partial charge is 0.320 e. The van der Waals surface area contributed by atoms with Gasteiger partial charge in [-0.2, -0.15) is 4.73 Å². The molecule has 0 spiro atoms. The van der Waals surface area contributed by atoms with E-state index in [1.807, 2.05) is 0 Å². The topological polar surface area (TPSA) is 115 Å². The zero-order chi connectivity index (χ0) is 15.7. The molecular formula is C14H16N2O5. The number of ketones is 1. The number of benzene rings is 1. The molecule has 0 bridgehead atoms. The highest BCUT2D eigenvalue weighted by molar-refractivity contribution is 6.08. The van der Waals surface area contributed by atoms with Crippen LogP contribution >= 0.6 is 0 Å². The van der Waals surface area contributed by atoms with Crippen molar-refractivity contribution < 1.29 is 24.6 Å². The van der Waals surface area contributed by atoms with E-state index in [9.17, 15) is 14.8 Å². The number of Topliss-reactive ketones (excluding diaryl/α,β-unsaturated/α-hetero) is 1. The van der Waals surface area contributed by atoms with Crippen molar-refractivity contribution in [3.05, 3.63) is 29.3 Å². The van der Waals surface area contributed by atoms with Crippen molar-refractivity contribution in [2.75, 3.05) is 7.11 Å². The summed E-state index contributed by atoms with van der Waals surface area (Å²) in [6.45, 7) is 1.40. The van der Waals surface area contributed by atoms with Gasteiger partial charge in [0.25, 0.3) is 0 Å². The van der Waals surface area contributed by atoms with Crippen LogP contribution in [0.15, 0.2) is 18.2 Å². The minimum atomic E-state index is -1.17. The molecule has 0 saturated carbocycles. The second-order valence-corrected chi connectivity index (χ2v) is 4.70. The van der Waals surface area contributed by atoms with Gasteiger partial charge in [0, 0.05) is 22.9 Å². The Kier molecular flexibility index (Phi) is 3.86. The van der Waals surface area contributed by atoms with Gasteiger partial charge >= 0.3 is 5.97 Å². The summed E-state index contributed by atoms with van der Waals surface area (Å²) in [7, 11) is 1.35. The van der Waals surface area contributed by atoms with Gasteiger partial charge in [-0.1, -0.05) is 12.1 Å². The van der Waals surface area contributed by atoms with Crippen LogP contribution in [-0.2, 0) is 11.2 Å². The Morgan fingerprint density at radius 1 is 1.43 bits per heavy atom. The zero-order valence-electron chi connectivity index (χ0n) is 11.7. The summed E-state index contributed by atoms with van der Waals surface area (Å²) >= 11 is 0. The van der Waals surface area contributed by atoms with E-state index in [0.29, 0.717) is 22.0 Å². The third kappa shape index (κ3) is 2.43. The predicted molar refractivity (Wildman–Crippen MR) is 75.0 cm³/mol. The number of rotatable bonds is 5. The van der Waals surface area contributed by atoms with Crippen LogP contribution in [0.1, 0.15) is 22.8 Å². The van der Waals surface area contributed by atoms with Crippen molar-refractivity contribution in [3.8, 4) is 5.88 Å². The summed E-state index contributed by atoms with van der Waals surface area (Å²) in [4.78, 5) is 22.7. The van der Waals surface area contributed by atoms with E-state index in [1.54, 1.807) is 18.2 Å². The number of nitrogens with two attached hydrogens (primary N) is 1. The first-order valence-corrected chi connectivity index (χ1v) is 6.27. The highest BCUT2D eigenvalue weighted by atomic mass is 16.5. The lowest BCUT2D eigenvalue weighted by molar-refractivity contribution is -0.138. The van der Waals surface area contributed by atoms with Crippen molar-refractivity contribution in [1.82, 2.24) is 4.73 Å². The molecule has 1 aromatic carbocycles. The zero-order valence-corrected chi connectivity index (χ0v) is 11.7. The number of carboxylic acid groups (broad SMARTS) is 1. The van der Waals surface area contributed by atoms with Gasteiger partial charge in [-0.25, -0.2) is 0 Å². The first-order chi connectivity index (χ1) is 9.88. The lowest BCUT2D eigenvalue weighted by Gasteiger charge is -2.09. The van der Waals surface area contributed by atoms with E-state index in [1.165, 1.54) is 14.0 Å². The Labute approximate surface area is 120 Å². The number of carbonyl (C=O) groups excluding carboxylic acids is 1. The molecule has 1 atom stereocenters. The minimum absolute atomic E-state index is 0.0626. The molecule has 0 aliphatic carbocycles. The van der Waals surface area contributed by atoms with Crippen molar-refractivity contribution in [3.63, 3.8) is 0 Å². The number of nitrogens with zero attached hydrogens (tertiary/aromatic N) is 1. The average molecular weight is 292 g/mol. The van der Waals surface area contributed by atoms with Gasteiger partial charge < -0.3 is 20.8 Å². The summed E-state index contributed by atoms with van der Waals surface area (Å²) in [6.07, 6.45) is -0.0626. The quantitative estimate of drug-likeness (QED) is 0.560. The number of methoxy groups -OCH3 is 1. The van der Waals surface area contributed by atoms with Crippen molar-refractivity contribution in [1.29, 1.82) is 0 Å². The number of hydrogen-bond donors (Lipinski definition) is 3. The molecule has 4 N–H and O–H groups in total. The normalized spacial score (nSPS) is 12.3. The number of ether oxygens (including phenoxy) is 1. The molecule has 0 amide bonds. The van der Waals surface area contributed by atoms with Crippen LogP contribution in [-0.4, -0.2) is 39.9 Å². The van der Waals surface area contributed by atoms with Gasteiger partial charge in [-0.3, -0.25) is 9.59 Å². The van der Waals surface area contributed by atoms with Gasteiger partial charge in [0.15, 0.2) is 5.78 Å². The lowest BCUT2D eigenvalue weighted by atomic mass is 9.99. The molecule has 1 heterocycles. The van der Waals surface area contributed by atoms with Crippen molar-refractivity contribution in [2.45, 2.75) is 19.4 Å². The van der Waals surface area contributed by atoms with Gasteiger partial charge in [0.05, 0.1) is 12.6 Å². The molecular weight excluding hydrogens is 276 g/mol. The molecule has 112 valence electrons. The largest absolute Gasteiger partial charge is 0.480 e. The number of hydrogen-bond acceptors (Lipinski definition) is 5. The van der Waals surface area contributed by atoms with Gasteiger partial charge in [0.1, 0.15) is 6.04 Å². The van der Waals surface area contributed by atoms with Crippen LogP contribution in [0, 0.1) is 0 Å². The summed E-state index contributed by atoms with van der Waals surface area (Å²) in [5.74, 6) is -1.29. The fourth-order valence-corrected chi connectivity index (χ4v) is 2.38. The summed E-state index contributed by atoms with van der Waals surface area (Å²) in [5.41, 5.74) is 6.71. The third-order valence-corrected chi connectivity index (χ3v) is 3.34. The van der Waals surface area contributed by atoms with Crippen LogP contribution in [0.25, 0.3) is 10.9 Å². The molecule has 0 saturated heterocycles. The highest BCUT2D eigenvalue weighted by Crippen LogP contribution is 2.34. The Hall–Kier alpha value is -2.54. The molecule has 0 aliphatic heterocycles. The number of carbonyl (C=O) groups is 2. The fraction of sp³-hybridized carbons (Fsp3) is 0.286.